The second kappa shape index (κ2) is 4.66. The molecule has 1 unspecified atom stereocenters. The number of aliphatic hydroxyl groups excluding tert-OH is 1. The average Bonchev–Trinajstić information content (AvgIpc) is 2.38. The molecule has 0 aliphatic carbocycles. The zero-order valence-corrected chi connectivity index (χ0v) is 9.67. The first kappa shape index (κ1) is 12.4. The quantitative estimate of drug-likeness (QED) is 0.733. The molecule has 6 heteroatoms. The Bertz CT molecular complexity index is 508. The Morgan fingerprint density at radius 2 is 2.28 bits per heavy atom. The van der Waals surface area contributed by atoms with Crippen LogP contribution in [0.5, 0.6) is 5.75 Å². The van der Waals surface area contributed by atoms with Crippen molar-refractivity contribution >= 4 is 11.9 Å². The predicted octanol–water partition coefficient (Wildman–Crippen LogP) is 0.253. The van der Waals surface area contributed by atoms with Crippen LogP contribution in [-0.4, -0.2) is 42.0 Å². The maximum absolute atomic E-state index is 11.7. The van der Waals surface area contributed by atoms with Crippen LogP contribution in [0.3, 0.4) is 0 Å². The molecule has 1 aromatic rings. The third kappa shape index (κ3) is 2.02. The highest BCUT2D eigenvalue weighted by atomic mass is 16.6. The van der Waals surface area contributed by atoms with Crippen molar-refractivity contribution in [2.75, 3.05) is 13.7 Å². The van der Waals surface area contributed by atoms with Crippen molar-refractivity contribution in [1.29, 1.82) is 0 Å². The Kier molecular flexibility index (Phi) is 3.20. The van der Waals surface area contributed by atoms with Crippen molar-refractivity contribution < 1.29 is 29.3 Å². The predicted molar refractivity (Wildman–Crippen MR) is 59.4 cm³/mol. The van der Waals surface area contributed by atoms with E-state index in [1.165, 1.54) is 19.2 Å². The highest BCUT2D eigenvalue weighted by Crippen LogP contribution is 2.30. The van der Waals surface area contributed by atoms with Gasteiger partial charge < -0.3 is 19.7 Å². The van der Waals surface area contributed by atoms with Crippen molar-refractivity contribution in [2.24, 2.45) is 0 Å². The van der Waals surface area contributed by atoms with Gasteiger partial charge in [-0.3, -0.25) is 0 Å². The normalized spacial score (nSPS) is 17.9. The fourth-order valence-corrected chi connectivity index (χ4v) is 1.88. The number of aromatic hydroxyl groups is 1. The van der Waals surface area contributed by atoms with E-state index in [1.807, 2.05) is 0 Å². The fourth-order valence-electron chi connectivity index (χ4n) is 1.88. The van der Waals surface area contributed by atoms with Gasteiger partial charge in [-0.25, -0.2) is 9.59 Å². The van der Waals surface area contributed by atoms with Crippen LogP contribution in [-0.2, 0) is 15.9 Å². The van der Waals surface area contributed by atoms with Gasteiger partial charge in [0, 0.05) is 12.0 Å². The minimum Gasteiger partial charge on any atom is -0.508 e. The van der Waals surface area contributed by atoms with Gasteiger partial charge >= 0.3 is 11.9 Å². The second-order valence-electron chi connectivity index (χ2n) is 3.93. The number of benzene rings is 1. The number of phenolic OH excluding ortho intramolecular Hbond substituents is 1. The summed E-state index contributed by atoms with van der Waals surface area (Å²) < 4.78 is 9.45. The van der Waals surface area contributed by atoms with Crippen LogP contribution in [0.15, 0.2) is 12.1 Å². The van der Waals surface area contributed by atoms with Crippen molar-refractivity contribution in [1.82, 2.24) is 0 Å². The molecule has 0 fully saturated rings. The van der Waals surface area contributed by atoms with Crippen molar-refractivity contribution in [3.05, 3.63) is 28.8 Å². The van der Waals surface area contributed by atoms with Gasteiger partial charge in [0.1, 0.15) is 11.9 Å². The van der Waals surface area contributed by atoms with Gasteiger partial charge in [-0.2, -0.15) is 0 Å². The molecular formula is C12H12O6. The maximum atomic E-state index is 11.7. The number of aliphatic hydroxyl groups is 1. The van der Waals surface area contributed by atoms with Crippen molar-refractivity contribution in [3.8, 4) is 5.75 Å². The number of methoxy groups -OCH3 is 1. The first-order valence-corrected chi connectivity index (χ1v) is 5.33. The Labute approximate surface area is 103 Å². The fraction of sp³-hybridized carbons (Fsp3) is 0.333. The minimum atomic E-state index is -0.670. The van der Waals surface area contributed by atoms with E-state index in [0.29, 0.717) is 5.56 Å². The number of esters is 2. The summed E-state index contributed by atoms with van der Waals surface area (Å²) in [7, 11) is 1.21. The van der Waals surface area contributed by atoms with Crippen LogP contribution < -0.4 is 0 Å². The first-order chi connectivity index (χ1) is 8.56. The lowest BCUT2D eigenvalue weighted by Gasteiger charge is -2.24. The van der Waals surface area contributed by atoms with E-state index in [4.69, 9.17) is 9.84 Å². The van der Waals surface area contributed by atoms with Gasteiger partial charge in [0.15, 0.2) is 0 Å². The molecule has 1 aromatic carbocycles. The van der Waals surface area contributed by atoms with Crippen molar-refractivity contribution in [2.45, 2.75) is 12.5 Å². The van der Waals surface area contributed by atoms with Gasteiger partial charge in [0.05, 0.1) is 24.8 Å². The van der Waals surface area contributed by atoms with Gasteiger partial charge in [0.25, 0.3) is 0 Å². The van der Waals surface area contributed by atoms with E-state index >= 15 is 0 Å². The topological polar surface area (TPSA) is 93.1 Å². The molecule has 6 nitrogen and oxygen atoms in total. The van der Waals surface area contributed by atoms with E-state index in [1.54, 1.807) is 0 Å². The number of cyclic esters (lactones) is 1. The summed E-state index contributed by atoms with van der Waals surface area (Å²) in [5.41, 5.74) is 0.575. The van der Waals surface area contributed by atoms with E-state index in [2.05, 4.69) is 4.74 Å². The smallest absolute Gasteiger partial charge is 0.338 e. The molecule has 2 rings (SSSR count). The first-order valence-electron chi connectivity index (χ1n) is 5.33. The zero-order valence-electron chi connectivity index (χ0n) is 9.67. The minimum absolute atomic E-state index is 0.0770. The molecule has 1 atom stereocenters. The molecule has 18 heavy (non-hydrogen) atoms. The molecule has 0 saturated carbocycles. The molecule has 96 valence electrons. The van der Waals surface area contributed by atoms with Crippen LogP contribution in [0.2, 0.25) is 0 Å². The zero-order chi connectivity index (χ0) is 13.3. The second-order valence-corrected chi connectivity index (χ2v) is 3.93. The summed E-state index contributed by atoms with van der Waals surface area (Å²) in [6.07, 6.45) is -0.454. The Hall–Kier alpha value is -2.08. The maximum Gasteiger partial charge on any atom is 0.338 e. The number of fused-ring (bicyclic) bond motifs is 1. The summed E-state index contributed by atoms with van der Waals surface area (Å²) in [6.45, 7) is -0.316. The van der Waals surface area contributed by atoms with Gasteiger partial charge in [-0.1, -0.05) is 0 Å². The number of ether oxygens (including phenoxy) is 2. The van der Waals surface area contributed by atoms with Crippen LogP contribution in [0, 0.1) is 0 Å². The molecule has 0 spiro atoms. The Balaban J connectivity index is 2.48. The summed E-state index contributed by atoms with van der Waals surface area (Å²) >= 11 is 0. The Morgan fingerprint density at radius 1 is 1.56 bits per heavy atom. The SMILES string of the molecule is COC(=O)c1cc(O)c2c(c1)C(=O)OC(CO)C2. The molecule has 1 aliphatic heterocycles. The molecule has 0 radical (unpaired) electrons. The van der Waals surface area contributed by atoms with E-state index < -0.39 is 18.0 Å². The molecule has 1 aliphatic rings. The summed E-state index contributed by atoms with van der Waals surface area (Å²) in [5, 5.41) is 18.8. The standard InChI is InChI=1S/C12H12O6/c1-17-11(15)6-2-9-8(10(14)3-6)4-7(5-13)18-12(9)16/h2-3,7,13-14H,4-5H2,1H3. The number of carbonyl (C=O) groups excluding carboxylic acids is 2. The monoisotopic (exact) mass is 252 g/mol. The largest absolute Gasteiger partial charge is 0.508 e. The number of phenols is 1. The summed E-state index contributed by atoms with van der Waals surface area (Å²) in [6, 6.07) is 2.55. The Morgan fingerprint density at radius 3 is 2.89 bits per heavy atom. The van der Waals surface area contributed by atoms with E-state index in [0.717, 1.165) is 0 Å². The van der Waals surface area contributed by atoms with Gasteiger partial charge in [-0.05, 0) is 12.1 Å². The summed E-state index contributed by atoms with van der Waals surface area (Å²) in [5.74, 6) is -1.50. The van der Waals surface area contributed by atoms with Crippen LogP contribution >= 0.6 is 0 Å². The lowest BCUT2D eigenvalue weighted by atomic mass is 9.95. The molecule has 0 aromatic heterocycles. The molecule has 0 saturated heterocycles. The lowest BCUT2D eigenvalue weighted by Crippen LogP contribution is -2.30. The van der Waals surface area contributed by atoms with Crippen molar-refractivity contribution in [3.63, 3.8) is 0 Å². The highest BCUT2D eigenvalue weighted by molar-refractivity contribution is 5.98. The van der Waals surface area contributed by atoms with E-state index in [9.17, 15) is 14.7 Å². The van der Waals surface area contributed by atoms with Gasteiger partial charge in [-0.15, -0.1) is 0 Å². The van der Waals surface area contributed by atoms with Crippen LogP contribution in [0.25, 0.3) is 0 Å². The average molecular weight is 252 g/mol. The van der Waals surface area contributed by atoms with E-state index in [-0.39, 0.29) is 29.9 Å². The number of carbonyl (C=O) groups is 2. The molecule has 0 amide bonds. The number of hydrogen-bond donors (Lipinski definition) is 2. The molecular weight excluding hydrogens is 240 g/mol. The number of hydrogen-bond acceptors (Lipinski definition) is 6. The van der Waals surface area contributed by atoms with Crippen LogP contribution in [0.4, 0.5) is 0 Å². The van der Waals surface area contributed by atoms with Gasteiger partial charge in [0.2, 0.25) is 0 Å². The summed E-state index contributed by atoms with van der Waals surface area (Å²) in [4.78, 5) is 23.0. The number of rotatable bonds is 2. The van der Waals surface area contributed by atoms with Crippen LogP contribution in [0.1, 0.15) is 26.3 Å². The third-order valence-electron chi connectivity index (χ3n) is 2.78. The third-order valence-corrected chi connectivity index (χ3v) is 2.78. The molecule has 1 heterocycles. The molecule has 2 N–H and O–H groups in total. The lowest BCUT2D eigenvalue weighted by molar-refractivity contribution is 0.00904. The molecule has 0 bridgehead atoms. The highest BCUT2D eigenvalue weighted by Gasteiger charge is 2.29.